The van der Waals surface area contributed by atoms with Gasteiger partial charge in [-0.1, -0.05) is 13.0 Å². The maximum Gasteiger partial charge on any atom is 0.307 e. The van der Waals surface area contributed by atoms with Crippen molar-refractivity contribution in [3.63, 3.8) is 0 Å². The van der Waals surface area contributed by atoms with Gasteiger partial charge in [0.1, 0.15) is 0 Å². The maximum atomic E-state index is 12.4. The van der Waals surface area contributed by atoms with E-state index in [0.717, 1.165) is 37.7 Å². The first-order chi connectivity index (χ1) is 12.4. The van der Waals surface area contributed by atoms with Crippen LogP contribution in [0.1, 0.15) is 43.7 Å². The van der Waals surface area contributed by atoms with Gasteiger partial charge in [0.05, 0.1) is 11.3 Å². The number of esters is 1. The Kier molecular flexibility index (Phi) is 7.59. The Morgan fingerprint density at radius 2 is 1.85 bits per heavy atom. The Morgan fingerprint density at radius 1 is 1.12 bits per heavy atom. The highest BCUT2D eigenvalue weighted by molar-refractivity contribution is 7.89. The predicted octanol–water partition coefficient (Wildman–Crippen LogP) is 1.30. The van der Waals surface area contributed by atoms with E-state index in [4.69, 9.17) is 4.74 Å². The molecule has 144 valence electrons. The van der Waals surface area contributed by atoms with Gasteiger partial charge in [0, 0.05) is 13.1 Å². The van der Waals surface area contributed by atoms with E-state index in [1.807, 2.05) is 13.0 Å². The van der Waals surface area contributed by atoms with Crippen LogP contribution in [0, 0.1) is 0 Å². The molecular formula is C18H26N2O5S. The monoisotopic (exact) mass is 382 g/mol. The largest absolute Gasteiger partial charge is 0.456 e. The summed E-state index contributed by atoms with van der Waals surface area (Å²) in [6.07, 6.45) is 4.75. The van der Waals surface area contributed by atoms with Gasteiger partial charge in [-0.25, -0.2) is 13.1 Å². The number of benzene rings is 1. The molecule has 1 aliphatic carbocycles. The molecule has 0 saturated carbocycles. The molecule has 2 N–H and O–H groups in total. The van der Waals surface area contributed by atoms with E-state index in [1.165, 1.54) is 5.56 Å². The topological polar surface area (TPSA) is 102 Å². The van der Waals surface area contributed by atoms with Crippen molar-refractivity contribution in [2.45, 2.75) is 50.3 Å². The number of carbonyl (C=O) groups is 2. The third kappa shape index (κ3) is 6.10. The number of fused-ring (bicyclic) bond motifs is 1. The molecule has 8 heteroatoms. The van der Waals surface area contributed by atoms with Gasteiger partial charge in [-0.05, 0) is 55.4 Å². The van der Waals surface area contributed by atoms with E-state index in [-0.39, 0.29) is 30.4 Å². The van der Waals surface area contributed by atoms with Crippen LogP contribution in [0.15, 0.2) is 23.1 Å². The summed E-state index contributed by atoms with van der Waals surface area (Å²) < 4.78 is 31.9. The molecule has 0 aliphatic heterocycles. The number of amides is 1. The van der Waals surface area contributed by atoms with Crippen molar-refractivity contribution in [3.8, 4) is 0 Å². The second-order valence-corrected chi connectivity index (χ2v) is 8.06. The molecule has 1 aromatic rings. The van der Waals surface area contributed by atoms with Crippen LogP contribution >= 0.6 is 0 Å². The number of carbonyl (C=O) groups excluding carboxylic acids is 2. The predicted molar refractivity (Wildman–Crippen MR) is 97.1 cm³/mol. The quantitative estimate of drug-likeness (QED) is 0.627. The summed E-state index contributed by atoms with van der Waals surface area (Å²) in [7, 11) is -3.67. The summed E-state index contributed by atoms with van der Waals surface area (Å²) in [5, 5.41) is 2.59. The lowest BCUT2D eigenvalue weighted by molar-refractivity contribution is -0.148. The summed E-state index contributed by atoms with van der Waals surface area (Å²) in [5.41, 5.74) is 2.29. The molecule has 0 radical (unpaired) electrons. The zero-order valence-electron chi connectivity index (χ0n) is 15.0. The number of nitrogens with one attached hydrogen (secondary N) is 2. The van der Waals surface area contributed by atoms with E-state index in [0.29, 0.717) is 6.54 Å². The van der Waals surface area contributed by atoms with Crippen LogP contribution in [-0.2, 0) is 37.2 Å². The van der Waals surface area contributed by atoms with E-state index >= 15 is 0 Å². The first kappa shape index (κ1) is 20.4. The zero-order chi connectivity index (χ0) is 19.0. The molecule has 0 atom stereocenters. The average Bonchev–Trinajstić information content (AvgIpc) is 2.64. The van der Waals surface area contributed by atoms with Crippen molar-refractivity contribution in [1.82, 2.24) is 10.0 Å². The molecule has 2 rings (SSSR count). The number of hydrogen-bond donors (Lipinski definition) is 2. The molecule has 1 aromatic carbocycles. The summed E-state index contributed by atoms with van der Waals surface area (Å²) >= 11 is 0. The van der Waals surface area contributed by atoms with Gasteiger partial charge in [-0.3, -0.25) is 9.59 Å². The molecule has 1 aliphatic rings. The minimum absolute atomic E-state index is 0.0746. The minimum atomic E-state index is -3.67. The highest BCUT2D eigenvalue weighted by atomic mass is 32.2. The summed E-state index contributed by atoms with van der Waals surface area (Å²) in [4.78, 5) is 23.2. The van der Waals surface area contributed by atoms with Gasteiger partial charge in [-0.2, -0.15) is 0 Å². The first-order valence-electron chi connectivity index (χ1n) is 8.96. The third-order valence-corrected chi connectivity index (χ3v) is 5.65. The summed E-state index contributed by atoms with van der Waals surface area (Å²) in [5.74, 6) is -0.986. The minimum Gasteiger partial charge on any atom is -0.456 e. The molecule has 0 spiro atoms. The molecule has 0 heterocycles. The average molecular weight is 382 g/mol. The number of ether oxygens (including phenoxy) is 1. The lowest BCUT2D eigenvalue weighted by Crippen LogP contribution is -2.30. The molecule has 0 aromatic heterocycles. The molecule has 7 nitrogen and oxygen atoms in total. The zero-order valence-corrected chi connectivity index (χ0v) is 15.9. The lowest BCUT2D eigenvalue weighted by Gasteiger charge is -2.16. The number of rotatable bonds is 9. The fraction of sp³-hybridized carbons (Fsp3) is 0.556. The molecule has 0 unspecified atom stereocenters. The Morgan fingerprint density at radius 3 is 2.58 bits per heavy atom. The molecular weight excluding hydrogens is 356 g/mol. The van der Waals surface area contributed by atoms with Gasteiger partial charge >= 0.3 is 5.97 Å². The lowest BCUT2D eigenvalue weighted by atomic mass is 9.92. The van der Waals surface area contributed by atoms with Gasteiger partial charge < -0.3 is 10.1 Å². The fourth-order valence-corrected chi connectivity index (χ4v) is 3.86. The highest BCUT2D eigenvalue weighted by Crippen LogP contribution is 2.23. The van der Waals surface area contributed by atoms with Crippen molar-refractivity contribution in [2.75, 3.05) is 19.7 Å². The smallest absolute Gasteiger partial charge is 0.307 e. The van der Waals surface area contributed by atoms with Crippen molar-refractivity contribution in [2.24, 2.45) is 0 Å². The SMILES string of the molecule is CCCNC(=O)COC(=O)CCNS(=O)(=O)c1ccc2c(c1)CCCC2. The van der Waals surface area contributed by atoms with Gasteiger partial charge in [-0.15, -0.1) is 0 Å². The normalized spacial score (nSPS) is 13.7. The van der Waals surface area contributed by atoms with E-state index in [1.54, 1.807) is 12.1 Å². The Bertz CT molecular complexity index is 746. The number of sulfonamides is 1. The molecule has 0 saturated heterocycles. The van der Waals surface area contributed by atoms with Crippen molar-refractivity contribution in [1.29, 1.82) is 0 Å². The summed E-state index contributed by atoms with van der Waals surface area (Å²) in [6, 6.07) is 5.18. The van der Waals surface area contributed by atoms with Crippen molar-refractivity contribution >= 4 is 21.9 Å². The first-order valence-corrected chi connectivity index (χ1v) is 10.4. The maximum absolute atomic E-state index is 12.4. The van der Waals surface area contributed by atoms with Crippen LogP contribution in [0.5, 0.6) is 0 Å². The van der Waals surface area contributed by atoms with E-state index in [9.17, 15) is 18.0 Å². The van der Waals surface area contributed by atoms with Crippen LogP contribution in [0.2, 0.25) is 0 Å². The highest BCUT2D eigenvalue weighted by Gasteiger charge is 2.18. The van der Waals surface area contributed by atoms with Gasteiger partial charge in [0.2, 0.25) is 10.0 Å². The number of aryl methyl sites for hydroxylation is 2. The van der Waals surface area contributed by atoms with Crippen LogP contribution in [0.3, 0.4) is 0 Å². The van der Waals surface area contributed by atoms with Crippen LogP contribution in [0.25, 0.3) is 0 Å². The summed E-state index contributed by atoms with van der Waals surface area (Å²) in [6.45, 7) is 2.02. The van der Waals surface area contributed by atoms with Crippen LogP contribution < -0.4 is 10.0 Å². The van der Waals surface area contributed by atoms with Crippen molar-refractivity contribution < 1.29 is 22.7 Å². The second-order valence-electron chi connectivity index (χ2n) is 6.30. The van der Waals surface area contributed by atoms with Crippen LogP contribution in [0.4, 0.5) is 0 Å². The van der Waals surface area contributed by atoms with E-state index < -0.39 is 16.0 Å². The standard InChI is InChI=1S/C18H26N2O5S/c1-2-10-19-17(21)13-25-18(22)9-11-20-26(23,24)16-8-7-14-5-3-4-6-15(14)12-16/h7-8,12,20H,2-6,9-11,13H2,1H3,(H,19,21). The Balaban J connectivity index is 1.79. The fourth-order valence-electron chi connectivity index (χ4n) is 2.78. The van der Waals surface area contributed by atoms with E-state index in [2.05, 4.69) is 10.0 Å². The molecule has 1 amide bonds. The second kappa shape index (κ2) is 9.68. The molecule has 0 fully saturated rings. The Hall–Kier alpha value is -1.93. The number of hydrogen-bond acceptors (Lipinski definition) is 5. The Labute approximate surface area is 154 Å². The third-order valence-electron chi connectivity index (χ3n) is 4.19. The van der Waals surface area contributed by atoms with Crippen LogP contribution in [-0.4, -0.2) is 40.0 Å². The molecule has 0 bridgehead atoms. The van der Waals surface area contributed by atoms with Gasteiger partial charge in [0.25, 0.3) is 5.91 Å². The molecule has 26 heavy (non-hydrogen) atoms. The van der Waals surface area contributed by atoms with Gasteiger partial charge in [0.15, 0.2) is 6.61 Å². The van der Waals surface area contributed by atoms with Crippen molar-refractivity contribution in [3.05, 3.63) is 29.3 Å².